The number of halogens is 1. The lowest BCUT2D eigenvalue weighted by molar-refractivity contribution is -0.385. The van der Waals surface area contributed by atoms with Crippen molar-refractivity contribution < 1.29 is 14.1 Å². The van der Waals surface area contributed by atoms with Crippen LogP contribution in [0.2, 0.25) is 0 Å². The van der Waals surface area contributed by atoms with Crippen LogP contribution in [-0.2, 0) is 0 Å². The molecule has 2 aliphatic heterocycles. The molecule has 2 heterocycles. The molecule has 0 radical (unpaired) electrons. The number of methoxy groups -OCH3 is 1. The Balaban J connectivity index is 1.84. The van der Waals surface area contributed by atoms with Gasteiger partial charge >= 0.3 is 5.69 Å². The molecule has 2 atom stereocenters. The van der Waals surface area contributed by atoms with Crippen LogP contribution in [0.3, 0.4) is 0 Å². The third-order valence-corrected chi connectivity index (χ3v) is 4.41. The van der Waals surface area contributed by atoms with Crippen molar-refractivity contribution in [2.45, 2.75) is 31.3 Å². The molecular weight excluding hydrogens is 277 g/mol. The molecule has 0 saturated carbocycles. The fourth-order valence-electron chi connectivity index (χ4n) is 3.41. The van der Waals surface area contributed by atoms with Gasteiger partial charge in [-0.2, -0.15) is 0 Å². The van der Waals surface area contributed by atoms with E-state index in [1.807, 2.05) is 0 Å². The van der Waals surface area contributed by atoms with Gasteiger partial charge in [-0.25, -0.2) is 4.39 Å². The standard InChI is InChI=1S/C14H18FN3O3/c1-21-14-8-11(9(15)7-13(14)18(19)20)16-10-4-6-17-5-2-3-12(10)17/h7-8,10,12,16H,2-6H2,1H3. The third-order valence-electron chi connectivity index (χ3n) is 4.41. The molecule has 6 nitrogen and oxygen atoms in total. The molecule has 114 valence electrons. The summed E-state index contributed by atoms with van der Waals surface area (Å²) in [5.41, 5.74) is -0.0781. The van der Waals surface area contributed by atoms with Gasteiger partial charge in [-0.3, -0.25) is 15.0 Å². The highest BCUT2D eigenvalue weighted by atomic mass is 19.1. The summed E-state index contributed by atoms with van der Waals surface area (Å²) in [6.07, 6.45) is 3.25. The second-order valence-electron chi connectivity index (χ2n) is 5.55. The van der Waals surface area contributed by atoms with E-state index in [9.17, 15) is 14.5 Å². The molecule has 0 aromatic heterocycles. The first kappa shape index (κ1) is 14.1. The average molecular weight is 295 g/mol. The summed E-state index contributed by atoms with van der Waals surface area (Å²) < 4.78 is 19.1. The van der Waals surface area contributed by atoms with E-state index in [-0.39, 0.29) is 23.2 Å². The molecule has 2 aliphatic rings. The van der Waals surface area contributed by atoms with E-state index in [1.54, 1.807) is 0 Å². The number of fused-ring (bicyclic) bond motifs is 1. The molecule has 3 rings (SSSR count). The number of hydrogen-bond donors (Lipinski definition) is 1. The molecule has 1 aromatic rings. The minimum atomic E-state index is -0.639. The van der Waals surface area contributed by atoms with Crippen molar-refractivity contribution in [1.82, 2.24) is 4.90 Å². The normalized spacial score (nSPS) is 24.9. The minimum absolute atomic E-state index is 0.0742. The number of nitrogens with one attached hydrogen (secondary N) is 1. The largest absolute Gasteiger partial charge is 0.490 e. The first-order chi connectivity index (χ1) is 10.1. The molecule has 1 aromatic carbocycles. The molecule has 0 amide bonds. The Morgan fingerprint density at radius 1 is 1.43 bits per heavy atom. The predicted octanol–water partition coefficient (Wildman–Crippen LogP) is 2.39. The molecule has 0 aliphatic carbocycles. The first-order valence-corrected chi connectivity index (χ1v) is 7.12. The summed E-state index contributed by atoms with van der Waals surface area (Å²) in [6.45, 7) is 2.13. The molecule has 2 unspecified atom stereocenters. The number of anilines is 1. The Labute approximate surface area is 122 Å². The van der Waals surface area contributed by atoms with E-state index in [4.69, 9.17) is 4.74 Å². The van der Waals surface area contributed by atoms with Crippen molar-refractivity contribution in [3.05, 3.63) is 28.1 Å². The van der Waals surface area contributed by atoms with Crippen LogP contribution < -0.4 is 10.1 Å². The Kier molecular flexibility index (Phi) is 3.67. The van der Waals surface area contributed by atoms with E-state index < -0.39 is 10.7 Å². The van der Waals surface area contributed by atoms with E-state index >= 15 is 0 Å². The number of nitro benzene ring substituents is 1. The van der Waals surface area contributed by atoms with Crippen molar-refractivity contribution in [2.24, 2.45) is 0 Å². The van der Waals surface area contributed by atoms with Gasteiger partial charge in [-0.05, 0) is 25.8 Å². The number of rotatable bonds is 4. The zero-order valence-corrected chi connectivity index (χ0v) is 11.8. The Bertz CT molecular complexity index is 567. The van der Waals surface area contributed by atoms with Gasteiger partial charge in [0.15, 0.2) is 11.6 Å². The monoisotopic (exact) mass is 295 g/mol. The first-order valence-electron chi connectivity index (χ1n) is 7.12. The maximum atomic E-state index is 14.1. The van der Waals surface area contributed by atoms with Crippen molar-refractivity contribution in [3.8, 4) is 5.75 Å². The van der Waals surface area contributed by atoms with E-state index in [2.05, 4.69) is 10.2 Å². The highest BCUT2D eigenvalue weighted by molar-refractivity contribution is 5.59. The summed E-state index contributed by atoms with van der Waals surface area (Å²) in [5.74, 6) is -0.538. The number of benzene rings is 1. The number of nitro groups is 1. The van der Waals surface area contributed by atoms with Crippen LogP contribution in [0.5, 0.6) is 5.75 Å². The number of nitrogens with zero attached hydrogens (tertiary/aromatic N) is 2. The Morgan fingerprint density at radius 3 is 2.95 bits per heavy atom. The van der Waals surface area contributed by atoms with Gasteiger partial charge in [0, 0.05) is 24.7 Å². The van der Waals surface area contributed by atoms with Crippen LogP contribution in [0.4, 0.5) is 15.8 Å². The number of ether oxygens (including phenoxy) is 1. The topological polar surface area (TPSA) is 67.6 Å². The smallest absolute Gasteiger partial charge is 0.313 e. The molecule has 0 bridgehead atoms. The molecule has 2 saturated heterocycles. The molecule has 1 N–H and O–H groups in total. The molecule has 2 fully saturated rings. The van der Waals surface area contributed by atoms with Gasteiger partial charge in [0.1, 0.15) is 0 Å². The second kappa shape index (κ2) is 5.48. The third kappa shape index (κ3) is 2.53. The summed E-state index contributed by atoms with van der Waals surface area (Å²) in [4.78, 5) is 12.6. The number of hydrogen-bond acceptors (Lipinski definition) is 5. The van der Waals surface area contributed by atoms with E-state index in [1.165, 1.54) is 19.6 Å². The summed E-state index contributed by atoms with van der Waals surface area (Å²) >= 11 is 0. The molecule has 0 spiro atoms. The van der Waals surface area contributed by atoms with Crippen molar-refractivity contribution in [2.75, 3.05) is 25.5 Å². The predicted molar refractivity (Wildman–Crippen MR) is 76.2 cm³/mol. The van der Waals surface area contributed by atoms with Crippen molar-refractivity contribution in [3.63, 3.8) is 0 Å². The fourth-order valence-corrected chi connectivity index (χ4v) is 3.41. The maximum absolute atomic E-state index is 14.1. The van der Waals surface area contributed by atoms with Gasteiger partial charge in [0.25, 0.3) is 0 Å². The van der Waals surface area contributed by atoms with Gasteiger partial charge in [-0.1, -0.05) is 0 Å². The highest BCUT2D eigenvalue weighted by Crippen LogP contribution is 2.35. The van der Waals surface area contributed by atoms with Gasteiger partial charge in [0.2, 0.25) is 0 Å². The van der Waals surface area contributed by atoms with Crippen LogP contribution in [0.15, 0.2) is 12.1 Å². The lowest BCUT2D eigenvalue weighted by atomic mass is 10.1. The van der Waals surface area contributed by atoms with E-state index in [0.29, 0.717) is 6.04 Å². The summed E-state index contributed by atoms with van der Waals surface area (Å²) in [6, 6.07) is 2.92. The van der Waals surface area contributed by atoms with Gasteiger partial charge in [-0.15, -0.1) is 0 Å². The lowest BCUT2D eigenvalue weighted by Crippen LogP contribution is -2.34. The van der Waals surface area contributed by atoms with Crippen molar-refractivity contribution >= 4 is 11.4 Å². The average Bonchev–Trinajstić information content (AvgIpc) is 3.05. The van der Waals surface area contributed by atoms with Crippen LogP contribution in [-0.4, -0.2) is 42.1 Å². The zero-order valence-electron chi connectivity index (χ0n) is 11.8. The minimum Gasteiger partial charge on any atom is -0.490 e. The van der Waals surface area contributed by atoms with E-state index in [0.717, 1.165) is 32.0 Å². The van der Waals surface area contributed by atoms with Gasteiger partial charge in [0.05, 0.1) is 23.8 Å². The van der Waals surface area contributed by atoms with Crippen LogP contribution in [0.25, 0.3) is 0 Å². The SMILES string of the molecule is COc1cc(NC2CCN3CCCC23)c(F)cc1[N+](=O)[O-]. The summed E-state index contributed by atoms with van der Waals surface area (Å²) in [5, 5.41) is 14.1. The lowest BCUT2D eigenvalue weighted by Gasteiger charge is -2.22. The van der Waals surface area contributed by atoms with Crippen LogP contribution >= 0.6 is 0 Å². The fraction of sp³-hybridized carbons (Fsp3) is 0.571. The second-order valence-corrected chi connectivity index (χ2v) is 5.55. The van der Waals surface area contributed by atoms with Crippen LogP contribution in [0, 0.1) is 15.9 Å². The molecular formula is C14H18FN3O3. The Morgan fingerprint density at radius 2 is 2.24 bits per heavy atom. The van der Waals surface area contributed by atoms with Crippen LogP contribution in [0.1, 0.15) is 19.3 Å². The summed E-state index contributed by atoms with van der Waals surface area (Å²) in [7, 11) is 1.35. The van der Waals surface area contributed by atoms with Gasteiger partial charge < -0.3 is 10.1 Å². The maximum Gasteiger partial charge on any atom is 0.313 e. The molecule has 7 heteroatoms. The highest BCUT2D eigenvalue weighted by Gasteiger charge is 2.37. The Hall–Kier alpha value is -1.89. The quantitative estimate of drug-likeness (QED) is 0.682. The zero-order chi connectivity index (χ0) is 15.0. The molecule has 21 heavy (non-hydrogen) atoms. The van der Waals surface area contributed by atoms with Crippen molar-refractivity contribution in [1.29, 1.82) is 0 Å².